The highest BCUT2D eigenvalue weighted by Crippen LogP contribution is 2.25. The average Bonchev–Trinajstić information content (AvgIpc) is 2.60. The quantitative estimate of drug-likeness (QED) is 0.679. The number of rotatable bonds is 8. The van der Waals surface area contributed by atoms with E-state index in [1.807, 2.05) is 60.7 Å². The molecule has 0 saturated heterocycles. The third-order valence-electron chi connectivity index (χ3n) is 3.83. The second-order valence-corrected chi connectivity index (χ2v) is 5.65. The van der Waals surface area contributed by atoms with Gasteiger partial charge in [0.25, 0.3) is 0 Å². The molecule has 2 aromatic rings. The summed E-state index contributed by atoms with van der Waals surface area (Å²) in [5.74, 6) is -2.82. The lowest BCUT2D eigenvalue weighted by atomic mass is 9.90. The molecule has 6 nitrogen and oxygen atoms in total. The molecule has 0 unspecified atom stereocenters. The van der Waals surface area contributed by atoms with Gasteiger partial charge >= 0.3 is 5.97 Å². The fourth-order valence-corrected chi connectivity index (χ4v) is 2.59. The van der Waals surface area contributed by atoms with E-state index in [0.717, 1.165) is 11.1 Å². The molecule has 6 heteroatoms. The molecule has 0 saturated carbocycles. The highest BCUT2D eigenvalue weighted by atomic mass is 16.4. The minimum atomic E-state index is -1.05. The van der Waals surface area contributed by atoms with Crippen LogP contribution < -0.4 is 11.1 Å². The monoisotopic (exact) mass is 340 g/mol. The van der Waals surface area contributed by atoms with Crippen LogP contribution in [0.5, 0.6) is 0 Å². The maximum absolute atomic E-state index is 12.8. The molecule has 2 amide bonds. The Bertz CT molecular complexity index is 692. The number of carbonyl (C=O) groups is 3. The van der Waals surface area contributed by atoms with Crippen molar-refractivity contribution in [3.05, 3.63) is 71.8 Å². The van der Waals surface area contributed by atoms with Crippen LogP contribution in [0.3, 0.4) is 0 Å². The summed E-state index contributed by atoms with van der Waals surface area (Å²) in [6.45, 7) is 0. The maximum Gasteiger partial charge on any atom is 0.303 e. The largest absolute Gasteiger partial charge is 0.481 e. The molecule has 0 spiro atoms. The number of carboxylic acids is 1. The molecule has 0 aromatic heterocycles. The molecular weight excluding hydrogens is 320 g/mol. The summed E-state index contributed by atoms with van der Waals surface area (Å²) in [5.41, 5.74) is 6.84. The molecule has 130 valence electrons. The Balaban J connectivity index is 2.26. The summed E-state index contributed by atoms with van der Waals surface area (Å²) in [5, 5.41) is 11.4. The van der Waals surface area contributed by atoms with Gasteiger partial charge in [-0.15, -0.1) is 0 Å². The van der Waals surface area contributed by atoms with E-state index in [4.69, 9.17) is 10.8 Å². The summed E-state index contributed by atoms with van der Waals surface area (Å²) in [4.78, 5) is 35.1. The van der Waals surface area contributed by atoms with Gasteiger partial charge in [0.05, 0.1) is 5.92 Å². The van der Waals surface area contributed by atoms with E-state index in [-0.39, 0.29) is 12.8 Å². The highest BCUT2D eigenvalue weighted by Gasteiger charge is 2.27. The van der Waals surface area contributed by atoms with E-state index in [0.29, 0.717) is 0 Å². The van der Waals surface area contributed by atoms with Crippen molar-refractivity contribution in [3.63, 3.8) is 0 Å². The minimum Gasteiger partial charge on any atom is -0.481 e. The first-order valence-electron chi connectivity index (χ1n) is 7.90. The van der Waals surface area contributed by atoms with E-state index in [1.54, 1.807) is 0 Å². The van der Waals surface area contributed by atoms with Crippen molar-refractivity contribution in [1.29, 1.82) is 0 Å². The van der Waals surface area contributed by atoms with Gasteiger partial charge in [-0.25, -0.2) is 0 Å². The Morgan fingerprint density at radius 1 is 0.920 bits per heavy atom. The standard InChI is InChI=1S/C19H20N2O4/c20-18(24)15(11-12-16(22)23)21-19(25)17(13-7-3-1-4-8-13)14-9-5-2-6-10-14/h1-10,15,17H,11-12H2,(H2,20,24)(H,21,25)(H,22,23)/t15-/m0/s1. The molecular formula is C19H20N2O4. The first kappa shape index (κ1) is 18.2. The molecule has 2 aromatic carbocycles. The Kier molecular flexibility index (Phi) is 6.28. The van der Waals surface area contributed by atoms with Crippen LogP contribution in [0.15, 0.2) is 60.7 Å². The molecule has 0 heterocycles. The number of benzene rings is 2. The number of nitrogens with one attached hydrogen (secondary N) is 1. The SMILES string of the molecule is NC(=O)[C@H](CCC(=O)O)NC(=O)C(c1ccccc1)c1ccccc1. The first-order valence-corrected chi connectivity index (χ1v) is 7.90. The van der Waals surface area contributed by atoms with E-state index in [9.17, 15) is 14.4 Å². The number of carbonyl (C=O) groups excluding carboxylic acids is 2. The van der Waals surface area contributed by atoms with Gasteiger partial charge in [-0.1, -0.05) is 60.7 Å². The van der Waals surface area contributed by atoms with Crippen LogP contribution >= 0.6 is 0 Å². The summed E-state index contributed by atoms with van der Waals surface area (Å²) in [6.07, 6.45) is -0.304. The number of amides is 2. The number of carboxylic acid groups (broad SMARTS) is 1. The second-order valence-electron chi connectivity index (χ2n) is 5.65. The third kappa shape index (κ3) is 5.17. The zero-order chi connectivity index (χ0) is 18.2. The Labute approximate surface area is 145 Å². The third-order valence-corrected chi connectivity index (χ3v) is 3.83. The van der Waals surface area contributed by atoms with Crippen molar-refractivity contribution in [2.45, 2.75) is 24.8 Å². The predicted octanol–water partition coefficient (Wildman–Crippen LogP) is 1.65. The van der Waals surface area contributed by atoms with Crippen LogP contribution in [-0.4, -0.2) is 28.9 Å². The maximum atomic E-state index is 12.8. The smallest absolute Gasteiger partial charge is 0.303 e. The molecule has 0 aliphatic rings. The molecule has 25 heavy (non-hydrogen) atoms. The van der Waals surface area contributed by atoms with Gasteiger partial charge in [-0.3, -0.25) is 14.4 Å². The van der Waals surface area contributed by atoms with Crippen molar-refractivity contribution >= 4 is 17.8 Å². The summed E-state index contributed by atoms with van der Waals surface area (Å²) in [6, 6.07) is 17.3. The molecule has 0 fully saturated rings. The van der Waals surface area contributed by atoms with E-state index in [1.165, 1.54) is 0 Å². The van der Waals surface area contributed by atoms with Crippen LogP contribution in [0.1, 0.15) is 29.9 Å². The fraction of sp³-hybridized carbons (Fsp3) is 0.211. The second kappa shape index (κ2) is 8.63. The average molecular weight is 340 g/mol. The van der Waals surface area contributed by atoms with Crippen molar-refractivity contribution in [2.75, 3.05) is 0 Å². The molecule has 4 N–H and O–H groups in total. The highest BCUT2D eigenvalue weighted by molar-refractivity contribution is 5.92. The topological polar surface area (TPSA) is 109 Å². The Hall–Kier alpha value is -3.15. The molecule has 0 radical (unpaired) electrons. The number of aliphatic carboxylic acids is 1. The van der Waals surface area contributed by atoms with E-state index in [2.05, 4.69) is 5.32 Å². The van der Waals surface area contributed by atoms with Crippen molar-refractivity contribution in [3.8, 4) is 0 Å². The Morgan fingerprint density at radius 2 is 1.40 bits per heavy atom. The van der Waals surface area contributed by atoms with Crippen LogP contribution in [0.25, 0.3) is 0 Å². The van der Waals surface area contributed by atoms with Crippen LogP contribution in [0.4, 0.5) is 0 Å². The van der Waals surface area contributed by atoms with Crippen LogP contribution in [0, 0.1) is 0 Å². The number of hydrogen-bond acceptors (Lipinski definition) is 3. The van der Waals surface area contributed by atoms with Gasteiger partial charge in [0.15, 0.2) is 0 Å². The molecule has 0 aliphatic heterocycles. The zero-order valence-electron chi connectivity index (χ0n) is 13.6. The number of hydrogen-bond donors (Lipinski definition) is 3. The Morgan fingerprint density at radius 3 is 1.80 bits per heavy atom. The lowest BCUT2D eigenvalue weighted by molar-refractivity contribution is -0.137. The van der Waals surface area contributed by atoms with Gasteiger partial charge in [-0.05, 0) is 17.5 Å². The van der Waals surface area contributed by atoms with Crippen molar-refractivity contribution in [1.82, 2.24) is 5.32 Å². The molecule has 0 bridgehead atoms. The number of primary amides is 1. The predicted molar refractivity (Wildman–Crippen MR) is 92.7 cm³/mol. The minimum absolute atomic E-state index is 0.0489. The lowest BCUT2D eigenvalue weighted by Gasteiger charge is -2.21. The first-order chi connectivity index (χ1) is 12.0. The van der Waals surface area contributed by atoms with Gasteiger partial charge < -0.3 is 16.2 Å². The molecule has 2 rings (SSSR count). The van der Waals surface area contributed by atoms with Gasteiger partial charge in [0.1, 0.15) is 6.04 Å². The summed E-state index contributed by atoms with van der Waals surface area (Å²) >= 11 is 0. The van der Waals surface area contributed by atoms with Crippen molar-refractivity contribution in [2.24, 2.45) is 5.73 Å². The van der Waals surface area contributed by atoms with E-state index >= 15 is 0 Å². The lowest BCUT2D eigenvalue weighted by Crippen LogP contribution is -2.46. The summed E-state index contributed by atoms with van der Waals surface area (Å²) in [7, 11) is 0. The number of nitrogens with two attached hydrogens (primary N) is 1. The van der Waals surface area contributed by atoms with Crippen LogP contribution in [-0.2, 0) is 14.4 Å². The molecule has 0 aliphatic carbocycles. The normalized spacial score (nSPS) is 11.7. The van der Waals surface area contributed by atoms with Crippen LogP contribution in [0.2, 0.25) is 0 Å². The van der Waals surface area contributed by atoms with E-state index < -0.39 is 29.7 Å². The van der Waals surface area contributed by atoms with Crippen molar-refractivity contribution < 1.29 is 19.5 Å². The van der Waals surface area contributed by atoms with Gasteiger partial charge in [0, 0.05) is 6.42 Å². The van der Waals surface area contributed by atoms with Gasteiger partial charge in [-0.2, -0.15) is 0 Å². The zero-order valence-corrected chi connectivity index (χ0v) is 13.6. The fourth-order valence-electron chi connectivity index (χ4n) is 2.59. The summed E-state index contributed by atoms with van der Waals surface area (Å²) < 4.78 is 0. The molecule has 1 atom stereocenters. The van der Waals surface area contributed by atoms with Gasteiger partial charge in [0.2, 0.25) is 11.8 Å².